The maximum absolute atomic E-state index is 12.6. The first-order valence-corrected chi connectivity index (χ1v) is 19.8. The highest BCUT2D eigenvalue weighted by molar-refractivity contribution is 5.71. The van der Waals surface area contributed by atoms with E-state index in [1.807, 2.05) is 0 Å². The molecule has 0 aliphatic rings. The van der Waals surface area contributed by atoms with Crippen molar-refractivity contribution in [1.82, 2.24) is 0 Å². The van der Waals surface area contributed by atoms with E-state index in [9.17, 15) is 14.4 Å². The van der Waals surface area contributed by atoms with E-state index < -0.39 is 6.10 Å². The van der Waals surface area contributed by atoms with Crippen LogP contribution in [0.1, 0.15) is 208 Å². The first-order valence-electron chi connectivity index (χ1n) is 19.8. The van der Waals surface area contributed by atoms with Crippen molar-refractivity contribution in [3.8, 4) is 0 Å². The zero-order valence-corrected chi connectivity index (χ0v) is 31.2. The SMILES string of the molecule is CCCCCCCCCCCC(=O)O[C@H](COC(=O)CCCCCCCCC(C)C)COC(=O)CCCCCCCCC(C)CC. The molecule has 0 aromatic rings. The van der Waals surface area contributed by atoms with Gasteiger partial charge in [-0.3, -0.25) is 14.4 Å². The van der Waals surface area contributed by atoms with E-state index in [1.165, 1.54) is 96.3 Å². The van der Waals surface area contributed by atoms with E-state index >= 15 is 0 Å². The van der Waals surface area contributed by atoms with Gasteiger partial charge in [0.05, 0.1) is 0 Å². The molecule has 0 saturated heterocycles. The molecule has 0 fully saturated rings. The molecular formula is C40H76O6. The molecule has 0 saturated carbocycles. The quantitative estimate of drug-likeness (QED) is 0.0391. The van der Waals surface area contributed by atoms with Crippen molar-refractivity contribution in [2.24, 2.45) is 11.8 Å². The summed E-state index contributed by atoms with van der Waals surface area (Å²) in [6.07, 6.45) is 28.2. The molecule has 0 amide bonds. The monoisotopic (exact) mass is 653 g/mol. The molecule has 0 spiro atoms. The average molecular weight is 653 g/mol. The summed E-state index contributed by atoms with van der Waals surface area (Å²) < 4.78 is 16.6. The maximum atomic E-state index is 12.6. The fourth-order valence-electron chi connectivity index (χ4n) is 5.66. The minimum atomic E-state index is -0.759. The lowest BCUT2D eigenvalue weighted by Crippen LogP contribution is -2.30. The minimum absolute atomic E-state index is 0.0679. The summed E-state index contributed by atoms with van der Waals surface area (Å²) in [4.78, 5) is 37.4. The van der Waals surface area contributed by atoms with Crippen molar-refractivity contribution >= 4 is 17.9 Å². The van der Waals surface area contributed by atoms with Gasteiger partial charge in [-0.25, -0.2) is 0 Å². The molecule has 0 aliphatic carbocycles. The predicted octanol–water partition coefficient (Wildman–Crippen LogP) is 11.8. The second-order valence-electron chi connectivity index (χ2n) is 14.3. The van der Waals surface area contributed by atoms with Crippen molar-refractivity contribution in [2.45, 2.75) is 214 Å². The number of unbranched alkanes of at least 4 members (excludes halogenated alkanes) is 18. The third-order valence-electron chi connectivity index (χ3n) is 9.08. The van der Waals surface area contributed by atoms with E-state index in [0.29, 0.717) is 19.3 Å². The van der Waals surface area contributed by atoms with Gasteiger partial charge in [-0.15, -0.1) is 0 Å². The van der Waals surface area contributed by atoms with Crippen molar-refractivity contribution in [2.75, 3.05) is 13.2 Å². The van der Waals surface area contributed by atoms with Gasteiger partial charge in [0.2, 0.25) is 0 Å². The Morgan fingerprint density at radius 1 is 0.457 bits per heavy atom. The summed E-state index contributed by atoms with van der Waals surface area (Å²) in [5, 5.41) is 0. The summed E-state index contributed by atoms with van der Waals surface area (Å²) in [5.74, 6) is 0.702. The topological polar surface area (TPSA) is 78.9 Å². The number of esters is 3. The fourth-order valence-corrected chi connectivity index (χ4v) is 5.66. The van der Waals surface area contributed by atoms with E-state index in [1.54, 1.807) is 0 Å². The standard InChI is InChI=1S/C40H76O6/c1-6-8-9-10-11-12-13-22-27-32-40(43)46-37(33-44-38(41)30-25-20-16-14-18-23-28-35(3)4)34-45-39(42)31-26-21-17-15-19-24-29-36(5)7-2/h35-37H,6-34H2,1-5H3/t36?,37-/m1/s1. The van der Waals surface area contributed by atoms with E-state index in [2.05, 4.69) is 34.6 Å². The van der Waals surface area contributed by atoms with Gasteiger partial charge < -0.3 is 14.2 Å². The summed E-state index contributed by atoms with van der Waals surface area (Å²) >= 11 is 0. The summed E-state index contributed by atoms with van der Waals surface area (Å²) in [6, 6.07) is 0. The van der Waals surface area contributed by atoms with Crippen LogP contribution in [0, 0.1) is 11.8 Å². The Balaban J connectivity index is 4.38. The van der Waals surface area contributed by atoms with Gasteiger partial charge in [-0.05, 0) is 31.1 Å². The lowest BCUT2D eigenvalue weighted by molar-refractivity contribution is -0.167. The maximum Gasteiger partial charge on any atom is 0.306 e. The van der Waals surface area contributed by atoms with Crippen molar-refractivity contribution < 1.29 is 28.6 Å². The van der Waals surface area contributed by atoms with Crippen LogP contribution in [0.4, 0.5) is 0 Å². The number of hydrogen-bond donors (Lipinski definition) is 0. The molecule has 6 nitrogen and oxygen atoms in total. The molecule has 0 rings (SSSR count). The smallest absolute Gasteiger partial charge is 0.306 e. The molecule has 6 heteroatoms. The average Bonchev–Trinajstić information content (AvgIpc) is 3.03. The Hall–Kier alpha value is -1.59. The number of ether oxygens (including phenoxy) is 3. The van der Waals surface area contributed by atoms with Crippen LogP contribution in [0.15, 0.2) is 0 Å². The number of hydrogen-bond acceptors (Lipinski definition) is 6. The number of rotatable bonds is 34. The summed E-state index contributed by atoms with van der Waals surface area (Å²) in [6.45, 7) is 11.2. The van der Waals surface area contributed by atoms with Crippen LogP contribution in [-0.4, -0.2) is 37.2 Å². The highest BCUT2D eigenvalue weighted by atomic mass is 16.6. The predicted molar refractivity (Wildman–Crippen MR) is 192 cm³/mol. The van der Waals surface area contributed by atoms with Gasteiger partial charge >= 0.3 is 17.9 Å². The van der Waals surface area contributed by atoms with Crippen LogP contribution in [-0.2, 0) is 28.6 Å². The van der Waals surface area contributed by atoms with Crippen LogP contribution in [0.3, 0.4) is 0 Å². The molecule has 272 valence electrons. The zero-order chi connectivity index (χ0) is 34.1. The van der Waals surface area contributed by atoms with E-state index in [4.69, 9.17) is 14.2 Å². The molecule has 46 heavy (non-hydrogen) atoms. The largest absolute Gasteiger partial charge is 0.462 e. The van der Waals surface area contributed by atoms with Crippen molar-refractivity contribution in [1.29, 1.82) is 0 Å². The number of carbonyl (C=O) groups is 3. The normalized spacial score (nSPS) is 12.7. The highest BCUT2D eigenvalue weighted by Gasteiger charge is 2.19. The first-order chi connectivity index (χ1) is 22.3. The third-order valence-corrected chi connectivity index (χ3v) is 9.08. The molecule has 0 radical (unpaired) electrons. The third kappa shape index (κ3) is 32.4. The van der Waals surface area contributed by atoms with Gasteiger partial charge in [-0.2, -0.15) is 0 Å². The first kappa shape index (κ1) is 44.4. The van der Waals surface area contributed by atoms with E-state index in [-0.39, 0.29) is 31.1 Å². The van der Waals surface area contributed by atoms with Gasteiger partial charge in [0, 0.05) is 19.3 Å². The lowest BCUT2D eigenvalue weighted by Gasteiger charge is -2.18. The minimum Gasteiger partial charge on any atom is -0.462 e. The van der Waals surface area contributed by atoms with Gasteiger partial charge in [0.15, 0.2) is 6.10 Å². The Kier molecular flexibility index (Phi) is 32.2. The summed E-state index contributed by atoms with van der Waals surface area (Å²) in [7, 11) is 0. The molecule has 2 atom stereocenters. The second-order valence-corrected chi connectivity index (χ2v) is 14.3. The number of carbonyl (C=O) groups excluding carboxylic acids is 3. The van der Waals surface area contributed by atoms with Crippen LogP contribution in [0.25, 0.3) is 0 Å². The molecule has 0 aromatic heterocycles. The Labute approximate surface area is 285 Å². The molecule has 0 aromatic carbocycles. The van der Waals surface area contributed by atoms with Crippen molar-refractivity contribution in [3.63, 3.8) is 0 Å². The molecular weight excluding hydrogens is 576 g/mol. The fraction of sp³-hybridized carbons (Fsp3) is 0.925. The molecule has 1 unspecified atom stereocenters. The van der Waals surface area contributed by atoms with E-state index in [0.717, 1.165) is 69.6 Å². The summed E-state index contributed by atoms with van der Waals surface area (Å²) in [5.41, 5.74) is 0. The van der Waals surface area contributed by atoms with Gasteiger partial charge in [0.1, 0.15) is 13.2 Å². The van der Waals surface area contributed by atoms with Crippen LogP contribution < -0.4 is 0 Å². The molecule has 0 aliphatic heterocycles. The van der Waals surface area contributed by atoms with Gasteiger partial charge in [-0.1, -0.05) is 169 Å². The molecule has 0 heterocycles. The van der Waals surface area contributed by atoms with Crippen LogP contribution >= 0.6 is 0 Å². The Bertz CT molecular complexity index is 706. The molecule has 0 N–H and O–H groups in total. The Morgan fingerprint density at radius 2 is 0.826 bits per heavy atom. The van der Waals surface area contributed by atoms with Crippen molar-refractivity contribution in [3.05, 3.63) is 0 Å². The zero-order valence-electron chi connectivity index (χ0n) is 31.2. The van der Waals surface area contributed by atoms with Gasteiger partial charge in [0.25, 0.3) is 0 Å². The highest BCUT2D eigenvalue weighted by Crippen LogP contribution is 2.16. The lowest BCUT2D eigenvalue weighted by atomic mass is 10.00. The second kappa shape index (κ2) is 33.3. The van der Waals surface area contributed by atoms with Crippen LogP contribution in [0.5, 0.6) is 0 Å². The van der Waals surface area contributed by atoms with Crippen LogP contribution in [0.2, 0.25) is 0 Å². The Morgan fingerprint density at radius 3 is 1.24 bits per heavy atom. The molecule has 0 bridgehead atoms.